The van der Waals surface area contributed by atoms with E-state index in [1.807, 2.05) is 59.4 Å². The second-order valence-electron chi connectivity index (χ2n) is 8.38. The number of carbonyl (C=O) groups is 1. The Morgan fingerprint density at radius 2 is 1.72 bits per heavy atom. The molecule has 0 saturated heterocycles. The van der Waals surface area contributed by atoms with Gasteiger partial charge in [0.05, 0.1) is 24.5 Å². The fourth-order valence-electron chi connectivity index (χ4n) is 4.31. The molecule has 1 heterocycles. The molecule has 0 aliphatic heterocycles. The summed E-state index contributed by atoms with van der Waals surface area (Å²) in [5.41, 5.74) is 4.40. The van der Waals surface area contributed by atoms with Crippen LogP contribution < -0.4 is 5.32 Å². The monoisotopic (exact) mass is 451 g/mol. The number of sulfone groups is 1. The van der Waals surface area contributed by atoms with Crippen LogP contribution in [0.25, 0.3) is 0 Å². The van der Waals surface area contributed by atoms with Crippen LogP contribution in [0.2, 0.25) is 0 Å². The molecule has 4 rings (SSSR count). The Bertz CT molecular complexity index is 1140. The highest BCUT2D eigenvalue weighted by Gasteiger charge is 2.27. The van der Waals surface area contributed by atoms with Gasteiger partial charge < -0.3 is 5.32 Å². The summed E-state index contributed by atoms with van der Waals surface area (Å²) < 4.78 is 26.9. The summed E-state index contributed by atoms with van der Waals surface area (Å²) in [5, 5.41) is 7.49. The molecule has 1 atom stereocenters. The molecule has 1 aromatic heterocycles. The Kier molecular flexibility index (Phi) is 7.05. The number of carbonyl (C=O) groups excluding carboxylic acids is 1. The molecule has 7 heteroatoms. The molecule has 1 aliphatic carbocycles. The second kappa shape index (κ2) is 10.1. The number of hydrogen-bond acceptors (Lipinski definition) is 4. The SMILES string of the molecule is O=C(CS(=O)(=O)CCCc1ccccc1)NC1CCCc2c1cnn2Cc1ccccc1. The summed E-state index contributed by atoms with van der Waals surface area (Å²) in [5.74, 6) is -0.884. The van der Waals surface area contributed by atoms with Gasteiger partial charge in [0, 0.05) is 11.3 Å². The summed E-state index contributed by atoms with van der Waals surface area (Å²) in [4.78, 5) is 12.6. The Balaban J connectivity index is 1.33. The van der Waals surface area contributed by atoms with Crippen LogP contribution in [0.1, 0.15) is 47.7 Å². The Labute approximate surface area is 189 Å². The molecule has 0 bridgehead atoms. The average molecular weight is 452 g/mol. The van der Waals surface area contributed by atoms with Crippen molar-refractivity contribution in [1.82, 2.24) is 15.1 Å². The number of nitrogens with zero attached hydrogens (tertiary/aromatic N) is 2. The summed E-state index contributed by atoms with van der Waals surface area (Å²) in [6.45, 7) is 0.687. The van der Waals surface area contributed by atoms with E-state index in [9.17, 15) is 13.2 Å². The molecule has 32 heavy (non-hydrogen) atoms. The molecule has 1 unspecified atom stereocenters. The average Bonchev–Trinajstić information content (AvgIpc) is 3.18. The van der Waals surface area contributed by atoms with Crippen LogP contribution in [0.3, 0.4) is 0 Å². The minimum absolute atomic E-state index is 0.0141. The number of hydrogen-bond donors (Lipinski definition) is 1. The number of benzene rings is 2. The second-order valence-corrected chi connectivity index (χ2v) is 10.6. The summed E-state index contributed by atoms with van der Waals surface area (Å²) in [6.07, 6.45) is 5.66. The van der Waals surface area contributed by atoms with Crippen LogP contribution in [0, 0.1) is 0 Å². The van der Waals surface area contributed by atoms with E-state index in [1.165, 1.54) is 5.56 Å². The van der Waals surface area contributed by atoms with Gasteiger partial charge in [-0.2, -0.15) is 5.10 Å². The van der Waals surface area contributed by atoms with Crippen molar-refractivity contribution in [3.8, 4) is 0 Å². The van der Waals surface area contributed by atoms with E-state index < -0.39 is 21.5 Å². The van der Waals surface area contributed by atoms with E-state index in [0.29, 0.717) is 19.4 Å². The van der Waals surface area contributed by atoms with E-state index in [0.717, 1.165) is 36.1 Å². The molecule has 0 spiro atoms. The molecule has 168 valence electrons. The van der Waals surface area contributed by atoms with Crippen LogP contribution >= 0.6 is 0 Å². The van der Waals surface area contributed by atoms with E-state index in [2.05, 4.69) is 22.5 Å². The lowest BCUT2D eigenvalue weighted by atomic mass is 9.93. The van der Waals surface area contributed by atoms with Crippen molar-refractivity contribution in [3.05, 3.63) is 89.2 Å². The zero-order valence-electron chi connectivity index (χ0n) is 18.1. The highest BCUT2D eigenvalue weighted by Crippen LogP contribution is 2.30. The van der Waals surface area contributed by atoms with Crippen LogP contribution in [0.5, 0.6) is 0 Å². The number of nitrogens with one attached hydrogen (secondary N) is 1. The Morgan fingerprint density at radius 1 is 1.03 bits per heavy atom. The molecule has 1 aliphatic rings. The summed E-state index contributed by atoms with van der Waals surface area (Å²) in [7, 11) is -3.45. The van der Waals surface area contributed by atoms with Crippen molar-refractivity contribution in [2.45, 2.75) is 44.7 Å². The van der Waals surface area contributed by atoms with Crippen molar-refractivity contribution >= 4 is 15.7 Å². The molecule has 0 saturated carbocycles. The topological polar surface area (TPSA) is 81.1 Å². The molecule has 0 fully saturated rings. The maximum Gasteiger partial charge on any atom is 0.235 e. The number of amides is 1. The predicted octanol–water partition coefficient (Wildman–Crippen LogP) is 3.47. The zero-order valence-corrected chi connectivity index (χ0v) is 18.9. The van der Waals surface area contributed by atoms with Crippen LogP contribution in [-0.4, -0.2) is 35.6 Å². The van der Waals surface area contributed by atoms with Crippen molar-refractivity contribution in [2.24, 2.45) is 0 Å². The predicted molar refractivity (Wildman–Crippen MR) is 125 cm³/mol. The largest absolute Gasteiger partial charge is 0.348 e. The number of rotatable bonds is 9. The maximum atomic E-state index is 12.6. The highest BCUT2D eigenvalue weighted by atomic mass is 32.2. The third-order valence-electron chi connectivity index (χ3n) is 5.89. The molecule has 1 N–H and O–H groups in total. The van der Waals surface area contributed by atoms with Gasteiger partial charge in [-0.05, 0) is 43.2 Å². The molecular weight excluding hydrogens is 422 g/mol. The first kappa shape index (κ1) is 22.3. The first-order valence-corrected chi connectivity index (χ1v) is 12.9. The zero-order chi connectivity index (χ0) is 22.4. The van der Waals surface area contributed by atoms with Gasteiger partial charge in [-0.25, -0.2) is 8.42 Å². The molecule has 2 aromatic carbocycles. The third-order valence-corrected chi connectivity index (χ3v) is 7.50. The van der Waals surface area contributed by atoms with Gasteiger partial charge in [-0.1, -0.05) is 60.7 Å². The molecule has 0 radical (unpaired) electrons. The van der Waals surface area contributed by atoms with Gasteiger partial charge in [0.1, 0.15) is 5.75 Å². The standard InChI is InChI=1S/C25H29N3O3S/c29-25(19-32(30,31)16-8-13-20-9-3-1-4-10-20)27-23-14-7-15-24-22(23)17-26-28(24)18-21-11-5-2-6-12-21/h1-6,9-12,17,23H,7-8,13-16,18-19H2,(H,27,29). The van der Waals surface area contributed by atoms with E-state index in [1.54, 1.807) is 0 Å². The Morgan fingerprint density at radius 3 is 2.44 bits per heavy atom. The smallest absolute Gasteiger partial charge is 0.235 e. The van der Waals surface area contributed by atoms with Gasteiger partial charge in [0.15, 0.2) is 9.84 Å². The van der Waals surface area contributed by atoms with E-state index >= 15 is 0 Å². The van der Waals surface area contributed by atoms with Crippen LogP contribution in [-0.2, 0) is 34.0 Å². The number of fused-ring (bicyclic) bond motifs is 1. The minimum atomic E-state index is -3.45. The first-order valence-electron chi connectivity index (χ1n) is 11.1. The Hall–Kier alpha value is -2.93. The normalized spacial score (nSPS) is 15.8. The quantitative estimate of drug-likeness (QED) is 0.540. The summed E-state index contributed by atoms with van der Waals surface area (Å²) in [6, 6.07) is 19.7. The van der Waals surface area contributed by atoms with Gasteiger partial charge in [-0.3, -0.25) is 9.48 Å². The first-order chi connectivity index (χ1) is 15.5. The summed E-state index contributed by atoms with van der Waals surface area (Å²) >= 11 is 0. The lowest BCUT2D eigenvalue weighted by Crippen LogP contribution is -2.35. The fraction of sp³-hybridized carbons (Fsp3) is 0.360. The molecule has 6 nitrogen and oxygen atoms in total. The van der Waals surface area contributed by atoms with E-state index in [4.69, 9.17) is 0 Å². The van der Waals surface area contributed by atoms with Gasteiger partial charge >= 0.3 is 0 Å². The van der Waals surface area contributed by atoms with Gasteiger partial charge in [0.2, 0.25) is 5.91 Å². The van der Waals surface area contributed by atoms with Crippen molar-refractivity contribution in [2.75, 3.05) is 11.5 Å². The van der Waals surface area contributed by atoms with Crippen LogP contribution in [0.15, 0.2) is 66.9 Å². The fourth-order valence-corrected chi connectivity index (χ4v) is 5.52. The maximum absolute atomic E-state index is 12.6. The molecule has 1 amide bonds. The van der Waals surface area contributed by atoms with Gasteiger partial charge in [0.25, 0.3) is 0 Å². The molecular formula is C25H29N3O3S. The lowest BCUT2D eigenvalue weighted by Gasteiger charge is -2.24. The number of aromatic nitrogens is 2. The van der Waals surface area contributed by atoms with Crippen LogP contribution in [0.4, 0.5) is 0 Å². The third kappa shape index (κ3) is 5.85. The van der Waals surface area contributed by atoms with Crippen molar-refractivity contribution < 1.29 is 13.2 Å². The van der Waals surface area contributed by atoms with Crippen molar-refractivity contribution in [1.29, 1.82) is 0 Å². The highest BCUT2D eigenvalue weighted by molar-refractivity contribution is 7.92. The molecule has 3 aromatic rings. The minimum Gasteiger partial charge on any atom is -0.348 e. The lowest BCUT2D eigenvalue weighted by molar-refractivity contribution is -0.119. The van der Waals surface area contributed by atoms with Crippen molar-refractivity contribution in [3.63, 3.8) is 0 Å². The van der Waals surface area contributed by atoms with E-state index in [-0.39, 0.29) is 11.8 Å². The van der Waals surface area contributed by atoms with Gasteiger partial charge in [-0.15, -0.1) is 0 Å². The number of aryl methyl sites for hydroxylation is 1.